The number of fused-ring (bicyclic) bond motifs is 4. The molecule has 4 aliphatic carbocycles. The summed E-state index contributed by atoms with van der Waals surface area (Å²) in [5, 5.41) is 35.7. The van der Waals surface area contributed by atoms with Gasteiger partial charge < -0.3 is 15.3 Å². The molecule has 0 saturated heterocycles. The zero-order valence-corrected chi connectivity index (χ0v) is 25.1. The van der Waals surface area contributed by atoms with Crippen molar-refractivity contribution in [3.05, 3.63) is 64.2 Å². The van der Waals surface area contributed by atoms with Crippen LogP contribution in [0, 0.1) is 34.5 Å². The molecule has 4 aliphatic rings. The van der Waals surface area contributed by atoms with Gasteiger partial charge in [-0.15, -0.1) is 0 Å². The number of phenols is 1. The lowest BCUT2D eigenvalue weighted by molar-refractivity contribution is -0.240. The third kappa shape index (κ3) is 3.31. The first-order valence-corrected chi connectivity index (χ1v) is 14.8. The topological polar surface area (TPSA) is 146 Å². The zero-order chi connectivity index (χ0) is 31.5. The first-order valence-electron chi connectivity index (χ1n) is 14.8. The predicted molar refractivity (Wildman–Crippen MR) is 157 cm³/mol. The molecular weight excluding hydrogens is 548 g/mol. The summed E-state index contributed by atoms with van der Waals surface area (Å²) in [6.45, 7) is 9.13. The summed E-state index contributed by atoms with van der Waals surface area (Å²) in [6, 6.07) is 11.0. The van der Waals surface area contributed by atoms with Crippen LogP contribution in [0.15, 0.2) is 36.4 Å². The van der Waals surface area contributed by atoms with Crippen LogP contribution in [0.3, 0.4) is 0 Å². The van der Waals surface area contributed by atoms with Gasteiger partial charge in [0.05, 0.1) is 17.6 Å². The van der Waals surface area contributed by atoms with Crippen molar-refractivity contribution >= 4 is 40.6 Å². The lowest BCUT2D eigenvalue weighted by Crippen LogP contribution is -2.82. The van der Waals surface area contributed by atoms with Crippen molar-refractivity contribution in [3.63, 3.8) is 0 Å². The number of aromatic hydroxyl groups is 1. The van der Waals surface area contributed by atoms with Crippen LogP contribution in [0.5, 0.6) is 5.75 Å². The second-order valence-corrected chi connectivity index (χ2v) is 13.6. The summed E-state index contributed by atoms with van der Waals surface area (Å²) in [4.78, 5) is 69.2. The molecule has 8 atom stereocenters. The number of Topliss-reactive ketones (excluding diaryl/α,β-unsaturated/α-hetero) is 5. The maximum atomic E-state index is 14.6. The van der Waals surface area contributed by atoms with Crippen LogP contribution >= 0.6 is 0 Å². The van der Waals surface area contributed by atoms with Crippen LogP contribution in [-0.4, -0.2) is 55.9 Å². The lowest BCUT2D eigenvalue weighted by atomic mass is 9.37. The summed E-state index contributed by atoms with van der Waals surface area (Å²) >= 11 is 0. The van der Waals surface area contributed by atoms with Crippen LogP contribution < -0.4 is 0 Å². The molecule has 3 N–H and O–H groups in total. The van der Waals surface area contributed by atoms with Crippen molar-refractivity contribution in [2.75, 3.05) is 0 Å². The minimum absolute atomic E-state index is 0.0834. The van der Waals surface area contributed by atoms with Crippen molar-refractivity contribution in [3.8, 4) is 5.75 Å². The zero-order valence-electron chi connectivity index (χ0n) is 25.1. The number of hydrogen-bond donors (Lipinski definition) is 3. The Kier molecular flexibility index (Phi) is 6.23. The van der Waals surface area contributed by atoms with Gasteiger partial charge in [-0.2, -0.15) is 0 Å². The monoisotopic (exact) mass is 584 g/mol. The third-order valence-corrected chi connectivity index (χ3v) is 11.3. The Morgan fingerprint density at radius 3 is 2.26 bits per heavy atom. The van der Waals surface area contributed by atoms with E-state index in [1.165, 1.54) is 13.0 Å². The highest BCUT2D eigenvalue weighted by molar-refractivity contribution is 6.33. The Hall–Kier alpha value is -3.75. The molecule has 3 unspecified atom stereocenters. The number of rotatable bonds is 3. The van der Waals surface area contributed by atoms with Crippen LogP contribution in [0.2, 0.25) is 0 Å². The summed E-state index contributed by atoms with van der Waals surface area (Å²) < 4.78 is 0. The third-order valence-electron chi connectivity index (χ3n) is 11.3. The Morgan fingerprint density at radius 1 is 1.00 bits per heavy atom. The summed E-state index contributed by atoms with van der Waals surface area (Å²) in [5.74, 6) is -11.3. The molecule has 0 aromatic heterocycles. The Bertz CT molecular complexity index is 1700. The van der Waals surface area contributed by atoms with Gasteiger partial charge in [-0.25, -0.2) is 0 Å². The number of phenolic OH excluding ortho intramolecular Hbond substituents is 1. The van der Waals surface area contributed by atoms with Gasteiger partial charge in [0.1, 0.15) is 17.5 Å². The maximum Gasteiger partial charge on any atom is 0.191 e. The van der Waals surface area contributed by atoms with E-state index >= 15 is 0 Å². The van der Waals surface area contributed by atoms with Crippen molar-refractivity contribution in [2.45, 2.75) is 65.6 Å². The molecule has 8 heteroatoms. The van der Waals surface area contributed by atoms with Crippen molar-refractivity contribution < 1.29 is 39.3 Å². The van der Waals surface area contributed by atoms with E-state index in [4.69, 9.17) is 0 Å². The highest BCUT2D eigenvalue weighted by atomic mass is 16.3. The van der Waals surface area contributed by atoms with E-state index in [1.54, 1.807) is 33.8 Å². The fraction of sp³-hybridized carbons (Fsp3) is 0.457. The highest BCUT2D eigenvalue weighted by Crippen LogP contribution is 2.67. The maximum absolute atomic E-state index is 14.6. The van der Waals surface area contributed by atoms with E-state index < -0.39 is 81.0 Å². The number of aliphatic hydroxyl groups is 2. The number of benzene rings is 2. The fourth-order valence-electron chi connectivity index (χ4n) is 9.15. The van der Waals surface area contributed by atoms with Gasteiger partial charge in [-0.1, -0.05) is 71.0 Å². The van der Waals surface area contributed by atoms with Gasteiger partial charge >= 0.3 is 0 Å². The second kappa shape index (κ2) is 9.13. The highest BCUT2D eigenvalue weighted by Gasteiger charge is 2.80. The fourth-order valence-corrected chi connectivity index (χ4v) is 9.15. The Morgan fingerprint density at radius 2 is 1.65 bits per heavy atom. The normalized spacial score (nSPS) is 36.6. The molecule has 0 amide bonds. The van der Waals surface area contributed by atoms with E-state index in [2.05, 4.69) is 0 Å². The van der Waals surface area contributed by atoms with E-state index in [0.717, 1.165) is 23.6 Å². The largest absolute Gasteiger partial charge is 0.507 e. The SMILES string of the molecule is CC(=O)C1C(=O)C(C(C)C)[C@@]2(C)[C@H](O)[C@]3(C)C(C(=O)c4c(O)ccc(C5=Cc6ccccc6C5)c4[C@H]3C)C(=O)[C@@]2(O)C1=O. The van der Waals surface area contributed by atoms with Gasteiger partial charge in [-0.3, -0.25) is 24.0 Å². The molecule has 0 aliphatic heterocycles. The number of aliphatic hydroxyl groups excluding tert-OH is 1. The van der Waals surface area contributed by atoms with Gasteiger partial charge in [0.15, 0.2) is 28.7 Å². The standard InChI is InChI=1S/C35H36O8/c1-15(2)26-28(38)24(17(4)36)30(40)35(43)31(41)27-29(39)25-22(37)12-11-21(20-13-18-9-7-8-10-19(18)14-20)23(25)16(3)33(27,5)32(42)34(26,35)6/h7-13,15-16,24,26-27,32,37,42-43H,14H2,1-6H3/t16-,24?,26?,27?,32-,33+,34+,35+/m1/s1. The van der Waals surface area contributed by atoms with Crippen molar-refractivity contribution in [2.24, 2.45) is 34.5 Å². The smallest absolute Gasteiger partial charge is 0.191 e. The van der Waals surface area contributed by atoms with Gasteiger partial charge in [0, 0.05) is 16.7 Å². The number of carbonyl (C=O) groups is 5. The van der Waals surface area contributed by atoms with E-state index in [-0.39, 0.29) is 11.3 Å². The minimum Gasteiger partial charge on any atom is -0.507 e. The van der Waals surface area contributed by atoms with Crippen LogP contribution in [-0.2, 0) is 25.6 Å². The number of allylic oxidation sites excluding steroid dienone is 1. The van der Waals surface area contributed by atoms with Crippen LogP contribution in [0.4, 0.5) is 0 Å². The van der Waals surface area contributed by atoms with Gasteiger partial charge in [-0.05, 0) is 59.1 Å². The molecule has 224 valence electrons. The summed E-state index contributed by atoms with van der Waals surface area (Å²) in [7, 11) is 0. The van der Waals surface area contributed by atoms with Gasteiger partial charge in [0.2, 0.25) is 0 Å². The second-order valence-electron chi connectivity index (χ2n) is 13.6. The van der Waals surface area contributed by atoms with Crippen molar-refractivity contribution in [1.29, 1.82) is 0 Å². The lowest BCUT2D eigenvalue weighted by Gasteiger charge is -2.65. The molecule has 2 aromatic rings. The molecule has 2 aromatic carbocycles. The Balaban J connectivity index is 1.61. The molecule has 8 nitrogen and oxygen atoms in total. The summed E-state index contributed by atoms with van der Waals surface area (Å²) in [6.07, 6.45) is 0.904. The first-order chi connectivity index (χ1) is 20.1. The van der Waals surface area contributed by atoms with Crippen molar-refractivity contribution in [1.82, 2.24) is 0 Å². The molecule has 6 rings (SSSR count). The average molecular weight is 585 g/mol. The number of hydrogen-bond acceptors (Lipinski definition) is 8. The number of carbonyl (C=O) groups excluding carboxylic acids is 5. The number of ketones is 5. The average Bonchev–Trinajstić information content (AvgIpc) is 3.37. The van der Waals surface area contributed by atoms with E-state index in [9.17, 15) is 39.3 Å². The molecular formula is C35H36O8. The molecule has 43 heavy (non-hydrogen) atoms. The molecule has 2 saturated carbocycles. The van der Waals surface area contributed by atoms with Gasteiger partial charge in [0.25, 0.3) is 0 Å². The van der Waals surface area contributed by atoms with E-state index in [0.29, 0.717) is 17.5 Å². The molecule has 0 heterocycles. The molecule has 0 spiro atoms. The summed E-state index contributed by atoms with van der Waals surface area (Å²) in [5.41, 5.74) is -2.46. The predicted octanol–water partition coefficient (Wildman–Crippen LogP) is 3.72. The molecule has 2 fully saturated rings. The minimum atomic E-state index is -2.98. The quantitative estimate of drug-likeness (QED) is 0.463. The Labute approximate surface area is 249 Å². The molecule has 0 radical (unpaired) electrons. The first kappa shape index (κ1) is 29.3. The van der Waals surface area contributed by atoms with Crippen LogP contribution in [0.25, 0.3) is 11.6 Å². The van der Waals surface area contributed by atoms with Crippen LogP contribution in [0.1, 0.15) is 80.1 Å². The van der Waals surface area contributed by atoms with E-state index in [1.807, 2.05) is 30.3 Å². The molecule has 0 bridgehead atoms.